The molecule has 0 bridgehead atoms. The molecule has 0 unspecified atom stereocenters. The number of halogens is 5. The van der Waals surface area contributed by atoms with Crippen molar-refractivity contribution in [3.8, 4) is 11.1 Å². The van der Waals surface area contributed by atoms with Gasteiger partial charge in [0.05, 0.1) is 5.56 Å². The first-order valence-corrected chi connectivity index (χ1v) is 6.85. The van der Waals surface area contributed by atoms with Crippen molar-refractivity contribution >= 4 is 10.8 Å². The Morgan fingerprint density at radius 1 is 0.783 bits per heavy atom. The van der Waals surface area contributed by atoms with Crippen LogP contribution in [-0.4, -0.2) is 0 Å². The average Bonchev–Trinajstić information content (AvgIpc) is 2.53. The molecule has 0 heterocycles. The molecule has 0 saturated carbocycles. The summed E-state index contributed by atoms with van der Waals surface area (Å²) in [5.74, 6) is 0. The summed E-state index contributed by atoms with van der Waals surface area (Å²) in [6.07, 6.45) is -7.64. The quantitative estimate of drug-likeness (QED) is 0.475. The first-order chi connectivity index (χ1) is 10.9. The van der Waals surface area contributed by atoms with Gasteiger partial charge in [-0.3, -0.25) is 0 Å². The summed E-state index contributed by atoms with van der Waals surface area (Å²) in [6.45, 7) is 0. The molecule has 0 aliphatic carbocycles. The Kier molecular flexibility index (Phi) is 3.80. The predicted molar refractivity (Wildman–Crippen MR) is 79.3 cm³/mol. The van der Waals surface area contributed by atoms with Crippen LogP contribution in [0.1, 0.15) is 17.6 Å². The highest BCUT2D eigenvalue weighted by Gasteiger charge is 2.32. The molecule has 0 spiro atoms. The van der Waals surface area contributed by atoms with Crippen molar-refractivity contribution in [3.63, 3.8) is 0 Å². The lowest BCUT2D eigenvalue weighted by Gasteiger charge is -2.13. The number of hydrogen-bond donors (Lipinski definition) is 0. The third kappa shape index (κ3) is 3.04. The molecule has 0 N–H and O–H groups in total. The van der Waals surface area contributed by atoms with Crippen LogP contribution in [0.15, 0.2) is 60.7 Å². The zero-order chi connectivity index (χ0) is 16.6. The minimum Gasteiger partial charge on any atom is -0.205 e. The molecule has 0 fully saturated rings. The zero-order valence-electron chi connectivity index (χ0n) is 11.7. The fourth-order valence-corrected chi connectivity index (χ4v) is 2.57. The number of benzene rings is 3. The van der Waals surface area contributed by atoms with E-state index in [4.69, 9.17) is 0 Å². The number of rotatable bonds is 2. The van der Waals surface area contributed by atoms with Gasteiger partial charge in [0.15, 0.2) is 0 Å². The van der Waals surface area contributed by atoms with E-state index >= 15 is 0 Å². The first kappa shape index (κ1) is 15.5. The predicted octanol–water partition coefficient (Wildman–Crippen LogP) is 6.46. The third-order valence-corrected chi connectivity index (χ3v) is 3.64. The molecular weight excluding hydrogens is 311 g/mol. The standard InChI is InChI=1S/C18H11F5/c19-17(20)13-8-12(9-14(10-13)18(21,22)23)16-7-3-5-11-4-1-2-6-15(11)16/h1-10,17H. The van der Waals surface area contributed by atoms with Gasteiger partial charge in [-0.2, -0.15) is 13.2 Å². The molecule has 3 aromatic rings. The van der Waals surface area contributed by atoms with Crippen molar-refractivity contribution in [3.05, 3.63) is 71.8 Å². The Morgan fingerprint density at radius 2 is 1.48 bits per heavy atom. The molecule has 23 heavy (non-hydrogen) atoms. The van der Waals surface area contributed by atoms with E-state index in [0.29, 0.717) is 11.6 Å². The van der Waals surface area contributed by atoms with Gasteiger partial charge in [-0.1, -0.05) is 42.5 Å². The van der Waals surface area contributed by atoms with Crippen molar-refractivity contribution in [1.29, 1.82) is 0 Å². The second kappa shape index (κ2) is 5.65. The van der Waals surface area contributed by atoms with Gasteiger partial charge in [-0.15, -0.1) is 0 Å². The van der Waals surface area contributed by atoms with Crippen molar-refractivity contribution in [2.45, 2.75) is 12.6 Å². The highest BCUT2D eigenvalue weighted by molar-refractivity contribution is 5.96. The average molecular weight is 322 g/mol. The Labute approximate surface area is 129 Å². The topological polar surface area (TPSA) is 0 Å². The molecule has 118 valence electrons. The number of fused-ring (bicyclic) bond motifs is 1. The summed E-state index contributed by atoms with van der Waals surface area (Å²) in [5.41, 5.74) is -1.08. The van der Waals surface area contributed by atoms with E-state index in [2.05, 4.69) is 0 Å². The third-order valence-electron chi connectivity index (χ3n) is 3.64. The van der Waals surface area contributed by atoms with E-state index in [0.717, 1.165) is 22.9 Å². The van der Waals surface area contributed by atoms with Gasteiger partial charge in [-0.25, -0.2) is 8.78 Å². The van der Waals surface area contributed by atoms with Gasteiger partial charge < -0.3 is 0 Å². The zero-order valence-corrected chi connectivity index (χ0v) is 11.7. The highest BCUT2D eigenvalue weighted by atomic mass is 19.4. The molecule has 3 aromatic carbocycles. The van der Waals surface area contributed by atoms with Gasteiger partial charge in [0.25, 0.3) is 6.43 Å². The molecular formula is C18H11F5. The maximum Gasteiger partial charge on any atom is 0.416 e. The summed E-state index contributed by atoms with van der Waals surface area (Å²) >= 11 is 0. The Bertz CT molecular complexity index is 844. The van der Waals surface area contributed by atoms with Crippen LogP contribution in [0.3, 0.4) is 0 Å². The van der Waals surface area contributed by atoms with Crippen LogP contribution in [0.5, 0.6) is 0 Å². The van der Waals surface area contributed by atoms with Crippen LogP contribution in [0.2, 0.25) is 0 Å². The maximum atomic E-state index is 13.0. The lowest BCUT2D eigenvalue weighted by Crippen LogP contribution is -2.06. The second-order valence-electron chi connectivity index (χ2n) is 5.17. The monoisotopic (exact) mass is 322 g/mol. The van der Waals surface area contributed by atoms with E-state index in [1.54, 1.807) is 24.3 Å². The molecule has 3 rings (SSSR count). The summed E-state index contributed by atoms with van der Waals surface area (Å²) in [5, 5.41) is 1.55. The van der Waals surface area contributed by atoms with Crippen LogP contribution in [0, 0.1) is 0 Å². The maximum absolute atomic E-state index is 13.0. The molecule has 0 radical (unpaired) electrons. The summed E-state index contributed by atoms with van der Waals surface area (Å²) in [6, 6.07) is 14.8. The van der Waals surface area contributed by atoms with Gasteiger partial charge in [0, 0.05) is 5.56 Å². The minimum atomic E-state index is -4.68. The Hall–Kier alpha value is -2.43. The normalized spacial score (nSPS) is 12.1. The molecule has 0 amide bonds. The SMILES string of the molecule is FC(F)c1cc(-c2cccc3ccccc23)cc(C(F)(F)F)c1. The van der Waals surface area contributed by atoms with Crippen molar-refractivity contribution in [2.24, 2.45) is 0 Å². The van der Waals surface area contributed by atoms with E-state index in [1.165, 1.54) is 0 Å². The molecule has 0 nitrogen and oxygen atoms in total. The fourth-order valence-electron chi connectivity index (χ4n) is 2.57. The van der Waals surface area contributed by atoms with Gasteiger partial charge in [-0.05, 0) is 40.1 Å². The molecule has 0 aliphatic heterocycles. The molecule has 0 aliphatic rings. The number of alkyl halides is 5. The largest absolute Gasteiger partial charge is 0.416 e. The number of hydrogen-bond acceptors (Lipinski definition) is 0. The van der Waals surface area contributed by atoms with Gasteiger partial charge in [0.1, 0.15) is 0 Å². The van der Waals surface area contributed by atoms with Gasteiger partial charge >= 0.3 is 6.18 Å². The van der Waals surface area contributed by atoms with Crippen LogP contribution in [0.4, 0.5) is 22.0 Å². The molecule has 0 aromatic heterocycles. The highest BCUT2D eigenvalue weighted by Crippen LogP contribution is 2.37. The minimum absolute atomic E-state index is 0.131. The lowest BCUT2D eigenvalue weighted by molar-refractivity contribution is -0.137. The van der Waals surface area contributed by atoms with Crippen LogP contribution in [-0.2, 0) is 6.18 Å². The van der Waals surface area contributed by atoms with E-state index < -0.39 is 23.7 Å². The van der Waals surface area contributed by atoms with Crippen LogP contribution in [0.25, 0.3) is 21.9 Å². The van der Waals surface area contributed by atoms with Gasteiger partial charge in [0.2, 0.25) is 0 Å². The molecule has 5 heteroatoms. The summed E-state index contributed by atoms with van der Waals surface area (Å²) in [4.78, 5) is 0. The van der Waals surface area contributed by atoms with Crippen LogP contribution < -0.4 is 0 Å². The summed E-state index contributed by atoms with van der Waals surface area (Å²) in [7, 11) is 0. The van der Waals surface area contributed by atoms with Crippen molar-refractivity contribution in [2.75, 3.05) is 0 Å². The fraction of sp³-hybridized carbons (Fsp3) is 0.111. The van der Waals surface area contributed by atoms with Crippen LogP contribution >= 0.6 is 0 Å². The molecule has 0 saturated heterocycles. The first-order valence-electron chi connectivity index (χ1n) is 6.85. The van der Waals surface area contributed by atoms with E-state index in [1.807, 2.05) is 18.2 Å². The smallest absolute Gasteiger partial charge is 0.205 e. The Morgan fingerprint density at radius 3 is 2.17 bits per heavy atom. The molecule has 0 atom stereocenters. The second-order valence-corrected chi connectivity index (χ2v) is 5.17. The summed E-state index contributed by atoms with van der Waals surface area (Å²) < 4.78 is 64.9. The van der Waals surface area contributed by atoms with Crippen molar-refractivity contribution in [1.82, 2.24) is 0 Å². The van der Waals surface area contributed by atoms with E-state index in [-0.39, 0.29) is 5.56 Å². The van der Waals surface area contributed by atoms with E-state index in [9.17, 15) is 22.0 Å². The Balaban J connectivity index is 2.28. The lowest BCUT2D eigenvalue weighted by atomic mass is 9.95. The van der Waals surface area contributed by atoms with Crippen molar-refractivity contribution < 1.29 is 22.0 Å².